The molecule has 0 saturated carbocycles. The molecule has 0 saturated heterocycles. The van der Waals surface area contributed by atoms with Crippen molar-refractivity contribution in [2.75, 3.05) is 16.0 Å². The number of nitriles is 1. The topological polar surface area (TPSA) is 250 Å². The Hall–Kier alpha value is -7.99. The van der Waals surface area contributed by atoms with Gasteiger partial charge in [0.15, 0.2) is 11.5 Å². The number of hydrogen-bond donors (Lipinski definition) is 7. The second-order valence-electron chi connectivity index (χ2n) is 12.8. The van der Waals surface area contributed by atoms with Crippen LogP contribution in [0.15, 0.2) is 109 Å². The van der Waals surface area contributed by atoms with Crippen LogP contribution >= 0.6 is 0 Å². The molecule has 0 spiro atoms. The Kier molecular flexibility index (Phi) is 12.6. The molecule has 0 aliphatic heterocycles. The molecule has 15 heteroatoms. The number of carbonyl (C=O) groups excluding carboxylic acids is 5. The van der Waals surface area contributed by atoms with E-state index in [0.717, 1.165) is 0 Å². The molecule has 0 heterocycles. The number of anilines is 3. The fourth-order valence-corrected chi connectivity index (χ4v) is 5.49. The minimum Gasteiger partial charge on any atom is -0.504 e. The van der Waals surface area contributed by atoms with Gasteiger partial charge in [-0.05, 0) is 110 Å². The molecule has 8 N–H and O–H groups in total. The van der Waals surface area contributed by atoms with E-state index in [1.807, 2.05) is 0 Å². The van der Waals surface area contributed by atoms with Crippen LogP contribution in [0.5, 0.6) is 11.5 Å². The first-order chi connectivity index (χ1) is 27.2. The van der Waals surface area contributed by atoms with Crippen LogP contribution in [0.3, 0.4) is 0 Å². The number of amides is 5. The number of hydrogen-bond acceptors (Lipinski definition) is 9. The minimum atomic E-state index is -1.35. The Morgan fingerprint density at radius 2 is 1.33 bits per heavy atom. The lowest BCUT2D eigenvalue weighted by Gasteiger charge is -2.19. The summed E-state index contributed by atoms with van der Waals surface area (Å²) in [6.45, 7) is 3.37. The fraction of sp³-hybridized carbons (Fsp3) is 0.119. The first kappa shape index (κ1) is 40.2. The normalized spacial score (nSPS) is 11.1. The summed E-state index contributed by atoms with van der Waals surface area (Å²) in [6, 6.07) is 27.8. The van der Waals surface area contributed by atoms with Gasteiger partial charge in [-0.25, -0.2) is 4.79 Å². The number of phenolic OH excluding ortho intramolecular Hbond substituents is 1. The third-order valence-corrected chi connectivity index (χ3v) is 8.26. The lowest BCUT2D eigenvalue weighted by atomic mass is 10.0. The maximum absolute atomic E-state index is 13.3. The first-order valence-electron chi connectivity index (χ1n) is 17.3. The first-order valence-corrected chi connectivity index (χ1v) is 17.3. The number of nitrogens with zero attached hydrogens (tertiary/aromatic N) is 1. The molecule has 288 valence electrons. The highest BCUT2D eigenvalue weighted by atomic mass is 16.5. The van der Waals surface area contributed by atoms with Crippen LogP contribution in [0.25, 0.3) is 11.1 Å². The Balaban J connectivity index is 1.26. The molecule has 0 aliphatic carbocycles. The van der Waals surface area contributed by atoms with Gasteiger partial charge in [-0.3, -0.25) is 24.0 Å². The number of ether oxygens (including phenoxy) is 1. The third kappa shape index (κ3) is 10.4. The molecular weight excluding hydrogens is 732 g/mol. The largest absolute Gasteiger partial charge is 0.504 e. The Labute approximate surface area is 326 Å². The highest BCUT2D eigenvalue weighted by Crippen LogP contribution is 2.39. The van der Waals surface area contributed by atoms with Crippen molar-refractivity contribution in [1.82, 2.24) is 5.32 Å². The maximum atomic E-state index is 13.3. The molecule has 5 aromatic rings. The summed E-state index contributed by atoms with van der Waals surface area (Å²) in [5.74, 6) is -5.41. The van der Waals surface area contributed by atoms with Crippen LogP contribution < -0.4 is 31.7 Å². The van der Waals surface area contributed by atoms with E-state index in [2.05, 4.69) is 27.3 Å². The van der Waals surface area contributed by atoms with E-state index in [-0.39, 0.29) is 45.1 Å². The van der Waals surface area contributed by atoms with Gasteiger partial charge < -0.3 is 42.0 Å². The number of carboxylic acids is 1. The molecule has 0 radical (unpaired) electrons. The molecule has 0 aromatic heterocycles. The van der Waals surface area contributed by atoms with Gasteiger partial charge >= 0.3 is 5.97 Å². The number of aromatic carboxylic acids is 1. The van der Waals surface area contributed by atoms with Crippen LogP contribution in [-0.2, 0) is 9.59 Å². The van der Waals surface area contributed by atoms with E-state index in [1.54, 1.807) is 56.3 Å². The van der Waals surface area contributed by atoms with E-state index in [4.69, 9.17) is 15.6 Å². The second kappa shape index (κ2) is 17.9. The van der Waals surface area contributed by atoms with Gasteiger partial charge in [-0.15, -0.1) is 0 Å². The number of nitrogens with two attached hydrogens (primary N) is 1. The van der Waals surface area contributed by atoms with Crippen LogP contribution in [0.4, 0.5) is 17.1 Å². The van der Waals surface area contributed by atoms with Gasteiger partial charge in [-0.1, -0.05) is 24.3 Å². The van der Waals surface area contributed by atoms with E-state index in [9.17, 15) is 39.1 Å². The number of carbonyl (C=O) groups is 6. The summed E-state index contributed by atoms with van der Waals surface area (Å²) in [7, 11) is 0. The smallest absolute Gasteiger partial charge is 0.335 e. The lowest BCUT2D eigenvalue weighted by Crippen LogP contribution is -2.46. The second-order valence-corrected chi connectivity index (χ2v) is 12.8. The van der Waals surface area contributed by atoms with Crippen LogP contribution in [-0.4, -0.2) is 57.9 Å². The van der Waals surface area contributed by atoms with Crippen molar-refractivity contribution < 1.29 is 43.7 Å². The Bertz CT molecular complexity index is 2400. The molecule has 0 aliphatic rings. The van der Waals surface area contributed by atoms with Gasteiger partial charge in [-0.2, -0.15) is 5.26 Å². The Morgan fingerprint density at radius 3 is 1.95 bits per heavy atom. The molecule has 1 unspecified atom stereocenters. The van der Waals surface area contributed by atoms with Gasteiger partial charge in [0.2, 0.25) is 11.8 Å². The minimum absolute atomic E-state index is 0.0261. The summed E-state index contributed by atoms with van der Waals surface area (Å²) in [6.07, 6.45) is -0.978. The number of rotatable bonds is 14. The lowest BCUT2D eigenvalue weighted by molar-refractivity contribution is -0.123. The summed E-state index contributed by atoms with van der Waals surface area (Å²) in [5, 5.41) is 39.8. The number of nitrogens with one attached hydrogen (secondary N) is 4. The van der Waals surface area contributed by atoms with Gasteiger partial charge in [0.25, 0.3) is 17.7 Å². The zero-order chi connectivity index (χ0) is 41.2. The molecule has 5 rings (SSSR count). The molecule has 0 fully saturated rings. The van der Waals surface area contributed by atoms with Crippen molar-refractivity contribution in [3.63, 3.8) is 0 Å². The van der Waals surface area contributed by atoms with E-state index < -0.39 is 59.8 Å². The summed E-state index contributed by atoms with van der Waals surface area (Å²) in [5.41, 5.74) is 7.95. The quantitative estimate of drug-likeness (QED) is 0.0744. The number of aromatic hydroxyl groups is 1. The van der Waals surface area contributed by atoms with Crippen molar-refractivity contribution in [3.05, 3.63) is 137 Å². The van der Waals surface area contributed by atoms with Crippen molar-refractivity contribution in [2.24, 2.45) is 5.73 Å². The average molecular weight is 769 g/mol. The van der Waals surface area contributed by atoms with E-state index in [1.165, 1.54) is 66.7 Å². The average Bonchev–Trinajstić information content (AvgIpc) is 3.19. The van der Waals surface area contributed by atoms with Crippen LogP contribution in [0.2, 0.25) is 0 Å². The van der Waals surface area contributed by atoms with Crippen LogP contribution in [0.1, 0.15) is 67.3 Å². The molecule has 0 bridgehead atoms. The zero-order valence-electron chi connectivity index (χ0n) is 30.5. The van der Waals surface area contributed by atoms with Crippen molar-refractivity contribution in [3.8, 4) is 28.7 Å². The fourth-order valence-electron chi connectivity index (χ4n) is 5.49. The van der Waals surface area contributed by atoms with Gasteiger partial charge in [0.05, 0.1) is 41.0 Å². The standard InChI is InChI=1S/C42H36N6O9/c1-23(2)57-37-33(18-17-32(36(37)50)40(53)45-30-15-11-26(12-16-30)42(55)56)47-38(51)25-9-13-31(14-10-25)46-41(54)34(21-35(44)49)48-39(52)29-8-4-7-28(20-29)27-6-3-5-24(19-27)22-43/h3-20,23,34,50H,21H2,1-2H3,(H2,44,49)(H,45,53)(H,46,54)(H,47,51)(H,48,52)(H,55,56). The molecule has 1 atom stereocenters. The highest BCUT2D eigenvalue weighted by Gasteiger charge is 2.25. The van der Waals surface area contributed by atoms with E-state index in [0.29, 0.717) is 16.7 Å². The van der Waals surface area contributed by atoms with Crippen molar-refractivity contribution >= 4 is 52.6 Å². The van der Waals surface area contributed by atoms with Crippen molar-refractivity contribution in [2.45, 2.75) is 32.4 Å². The predicted molar refractivity (Wildman–Crippen MR) is 210 cm³/mol. The summed E-state index contributed by atoms with van der Waals surface area (Å²) < 4.78 is 5.77. The number of carboxylic acid groups (broad SMARTS) is 1. The number of benzene rings is 5. The SMILES string of the molecule is CC(C)Oc1c(NC(=O)c2ccc(NC(=O)C(CC(N)=O)NC(=O)c3cccc(-c4cccc(C#N)c4)c3)cc2)ccc(C(=O)Nc2ccc(C(=O)O)cc2)c1O. The third-order valence-electron chi connectivity index (χ3n) is 8.26. The number of phenols is 1. The molecule has 57 heavy (non-hydrogen) atoms. The monoisotopic (exact) mass is 768 g/mol. The van der Waals surface area contributed by atoms with Crippen molar-refractivity contribution in [1.29, 1.82) is 5.26 Å². The van der Waals surface area contributed by atoms with E-state index >= 15 is 0 Å². The van der Waals surface area contributed by atoms with Crippen LogP contribution in [0, 0.1) is 11.3 Å². The van der Waals surface area contributed by atoms with Gasteiger partial charge in [0.1, 0.15) is 6.04 Å². The predicted octanol–water partition coefficient (Wildman–Crippen LogP) is 5.53. The molecular formula is C42H36N6O9. The molecule has 5 amide bonds. The molecule has 15 nitrogen and oxygen atoms in total. The molecule has 5 aromatic carbocycles. The Morgan fingerprint density at radius 1 is 0.719 bits per heavy atom. The highest BCUT2D eigenvalue weighted by molar-refractivity contribution is 6.10. The zero-order valence-corrected chi connectivity index (χ0v) is 30.5. The van der Waals surface area contributed by atoms with Gasteiger partial charge in [0, 0.05) is 22.5 Å². The number of primary amides is 1. The summed E-state index contributed by atoms with van der Waals surface area (Å²) in [4.78, 5) is 75.8. The summed E-state index contributed by atoms with van der Waals surface area (Å²) >= 11 is 0. The maximum Gasteiger partial charge on any atom is 0.335 e.